The highest BCUT2D eigenvalue weighted by Crippen LogP contribution is 2.46. The van der Waals surface area contributed by atoms with Crippen molar-refractivity contribution < 1.29 is 18.0 Å². The third kappa shape index (κ3) is 7.30. The van der Waals surface area contributed by atoms with Crippen molar-refractivity contribution in [1.82, 2.24) is 14.9 Å². The molecule has 2 amide bonds. The topological polar surface area (TPSA) is 56.4 Å². The lowest BCUT2D eigenvalue weighted by molar-refractivity contribution is -0.137. The van der Waals surface area contributed by atoms with E-state index in [-0.39, 0.29) is 11.6 Å². The predicted octanol–water partition coefficient (Wildman–Crippen LogP) is 5.91. The normalized spacial score (nSPS) is 20.6. The number of allylic oxidation sites excluding steroid dienone is 4. The second-order valence-corrected chi connectivity index (χ2v) is 9.06. The average molecular weight is 481 g/mol. The maximum absolute atomic E-state index is 12.7. The van der Waals surface area contributed by atoms with Crippen LogP contribution in [0.1, 0.15) is 38.2 Å². The summed E-state index contributed by atoms with van der Waals surface area (Å²) >= 11 is 1.63. The number of anilines is 1. The van der Waals surface area contributed by atoms with E-state index in [1.807, 2.05) is 25.3 Å². The van der Waals surface area contributed by atoms with Crippen LogP contribution in [-0.4, -0.2) is 36.4 Å². The Bertz CT molecular complexity index is 892. The molecular formula is C24H31F3N4OS. The lowest BCUT2D eigenvalue weighted by atomic mass is 10.1. The smallest absolute Gasteiger partial charge is 0.351 e. The van der Waals surface area contributed by atoms with Crippen molar-refractivity contribution in [3.63, 3.8) is 0 Å². The molecule has 3 rings (SSSR count). The molecule has 0 radical (unpaired) electrons. The van der Waals surface area contributed by atoms with Gasteiger partial charge in [-0.1, -0.05) is 30.2 Å². The Morgan fingerprint density at radius 1 is 1.27 bits per heavy atom. The predicted molar refractivity (Wildman–Crippen MR) is 129 cm³/mol. The number of amides is 2. The van der Waals surface area contributed by atoms with Crippen LogP contribution in [0.15, 0.2) is 60.3 Å². The van der Waals surface area contributed by atoms with Crippen molar-refractivity contribution in [1.29, 1.82) is 0 Å². The first-order valence-electron chi connectivity index (χ1n) is 11.1. The number of hydrogen-bond donors (Lipinski definition) is 3. The first kappa shape index (κ1) is 25.2. The minimum Gasteiger partial charge on any atom is -0.351 e. The van der Waals surface area contributed by atoms with Gasteiger partial charge < -0.3 is 15.5 Å². The van der Waals surface area contributed by atoms with Crippen LogP contribution >= 0.6 is 11.9 Å². The highest BCUT2D eigenvalue weighted by atomic mass is 32.2. The molecule has 9 heteroatoms. The van der Waals surface area contributed by atoms with Crippen LogP contribution in [0.4, 0.5) is 23.7 Å². The molecule has 1 saturated heterocycles. The molecular weight excluding hydrogens is 449 g/mol. The van der Waals surface area contributed by atoms with Crippen LogP contribution in [-0.2, 0) is 6.18 Å². The standard InChI is InChI=1S/C24H31F3N4OS/c1-3-6-20(7-4-13-23(14-15-23)17-28-33-2)31-16-5-8-21(31)30-22(32)29-19-11-9-18(10-12-19)24(25,26)27/h3-4,6-7,9-13,21,28H,5,8,14-17H2,1-2H3,(H2,29,30,32)/b6-3-,13-4+,20-7+. The van der Waals surface area contributed by atoms with E-state index in [1.54, 1.807) is 11.9 Å². The Kier molecular flexibility index (Phi) is 8.53. The first-order chi connectivity index (χ1) is 15.8. The molecule has 33 heavy (non-hydrogen) atoms. The molecule has 1 unspecified atom stereocenters. The molecule has 3 N–H and O–H groups in total. The van der Waals surface area contributed by atoms with E-state index in [0.29, 0.717) is 5.69 Å². The summed E-state index contributed by atoms with van der Waals surface area (Å²) in [5.74, 6) is 0. The number of benzene rings is 1. The van der Waals surface area contributed by atoms with Gasteiger partial charge in [0.15, 0.2) is 0 Å². The third-order valence-corrected chi connectivity index (χ3v) is 6.30. The van der Waals surface area contributed by atoms with Gasteiger partial charge in [0, 0.05) is 29.9 Å². The fourth-order valence-electron chi connectivity index (χ4n) is 3.83. The Morgan fingerprint density at radius 2 is 2.00 bits per heavy atom. The molecule has 5 nitrogen and oxygen atoms in total. The van der Waals surface area contributed by atoms with E-state index >= 15 is 0 Å². The van der Waals surface area contributed by atoms with E-state index in [4.69, 9.17) is 0 Å². The van der Waals surface area contributed by atoms with Gasteiger partial charge in [-0.3, -0.25) is 4.72 Å². The lowest BCUT2D eigenvalue weighted by Crippen LogP contribution is -2.45. The zero-order valence-corrected chi connectivity index (χ0v) is 19.7. The summed E-state index contributed by atoms with van der Waals surface area (Å²) in [6.07, 6.45) is 12.0. The van der Waals surface area contributed by atoms with Crippen LogP contribution in [0, 0.1) is 5.41 Å². The molecule has 0 bridgehead atoms. The summed E-state index contributed by atoms with van der Waals surface area (Å²) in [4.78, 5) is 14.6. The van der Waals surface area contributed by atoms with Crippen molar-refractivity contribution >= 4 is 23.7 Å². The van der Waals surface area contributed by atoms with E-state index in [2.05, 4.69) is 38.5 Å². The number of halogens is 3. The van der Waals surface area contributed by atoms with Crippen LogP contribution in [0.2, 0.25) is 0 Å². The Balaban J connectivity index is 1.61. The molecule has 1 aliphatic carbocycles. The van der Waals surface area contributed by atoms with Gasteiger partial charge in [-0.05, 0) is 75.3 Å². The van der Waals surface area contributed by atoms with Crippen molar-refractivity contribution in [2.24, 2.45) is 5.41 Å². The van der Waals surface area contributed by atoms with Gasteiger partial charge in [-0.15, -0.1) is 0 Å². The molecule has 1 saturated carbocycles. The largest absolute Gasteiger partial charge is 0.416 e. The Hall–Kier alpha value is -2.39. The van der Waals surface area contributed by atoms with Gasteiger partial charge in [-0.25, -0.2) is 4.79 Å². The van der Waals surface area contributed by atoms with E-state index < -0.39 is 17.8 Å². The van der Waals surface area contributed by atoms with Crippen molar-refractivity contribution in [2.75, 3.05) is 24.7 Å². The Labute approximate surface area is 197 Å². The fraction of sp³-hybridized carbons (Fsp3) is 0.458. The van der Waals surface area contributed by atoms with Gasteiger partial charge in [0.05, 0.1) is 5.56 Å². The lowest BCUT2D eigenvalue weighted by Gasteiger charge is -2.28. The van der Waals surface area contributed by atoms with Crippen molar-refractivity contribution in [3.05, 3.63) is 65.9 Å². The van der Waals surface area contributed by atoms with Crippen molar-refractivity contribution in [3.8, 4) is 0 Å². The molecule has 1 atom stereocenters. The van der Waals surface area contributed by atoms with Crippen LogP contribution in [0.3, 0.4) is 0 Å². The number of hydrogen-bond acceptors (Lipinski definition) is 4. The number of alkyl halides is 3. The maximum atomic E-state index is 12.7. The molecule has 1 aromatic carbocycles. The molecule has 1 aliphatic heterocycles. The van der Waals surface area contributed by atoms with Gasteiger partial charge >= 0.3 is 12.2 Å². The number of carbonyl (C=O) groups excluding carboxylic acids is 1. The minimum absolute atomic E-state index is 0.191. The quantitative estimate of drug-likeness (QED) is 0.304. The average Bonchev–Trinajstić information content (AvgIpc) is 3.39. The fourth-order valence-corrected chi connectivity index (χ4v) is 4.27. The number of urea groups is 1. The van der Waals surface area contributed by atoms with E-state index in [0.717, 1.165) is 43.8 Å². The minimum atomic E-state index is -4.40. The summed E-state index contributed by atoms with van der Waals surface area (Å²) in [7, 11) is 0. The number of rotatable bonds is 9. The van der Waals surface area contributed by atoms with Crippen molar-refractivity contribution in [2.45, 2.75) is 44.9 Å². The van der Waals surface area contributed by atoms with Gasteiger partial charge in [0.25, 0.3) is 0 Å². The number of nitrogens with one attached hydrogen (secondary N) is 3. The number of carbonyl (C=O) groups is 1. The second kappa shape index (κ2) is 11.2. The molecule has 1 heterocycles. The monoisotopic (exact) mass is 480 g/mol. The molecule has 1 aromatic rings. The summed E-state index contributed by atoms with van der Waals surface area (Å²) < 4.78 is 41.5. The van der Waals surface area contributed by atoms with E-state index in [1.165, 1.54) is 25.0 Å². The second-order valence-electron chi connectivity index (χ2n) is 8.36. The zero-order chi connectivity index (χ0) is 23.9. The summed E-state index contributed by atoms with van der Waals surface area (Å²) in [6.45, 7) is 3.72. The molecule has 180 valence electrons. The maximum Gasteiger partial charge on any atom is 0.416 e. The van der Waals surface area contributed by atoms with E-state index in [9.17, 15) is 18.0 Å². The number of nitrogens with zero attached hydrogens (tertiary/aromatic N) is 1. The van der Waals surface area contributed by atoms with Crippen LogP contribution < -0.4 is 15.4 Å². The molecule has 0 aromatic heterocycles. The van der Waals surface area contributed by atoms with Gasteiger partial charge in [0.2, 0.25) is 0 Å². The SMILES string of the molecule is C\C=C/C(=C\C=C\C1(CNSC)CC1)N1CCCC1NC(=O)Nc1ccc(C(F)(F)F)cc1. The molecule has 2 fully saturated rings. The Morgan fingerprint density at radius 3 is 2.61 bits per heavy atom. The number of likely N-dealkylation sites (tertiary alicyclic amines) is 1. The third-order valence-electron chi connectivity index (χ3n) is 5.87. The summed E-state index contributed by atoms with van der Waals surface area (Å²) in [6, 6.07) is 3.98. The molecule has 2 aliphatic rings. The van der Waals surface area contributed by atoms with Crippen LogP contribution in [0.25, 0.3) is 0 Å². The molecule has 0 spiro atoms. The van der Waals surface area contributed by atoms with Gasteiger partial charge in [-0.2, -0.15) is 13.2 Å². The summed E-state index contributed by atoms with van der Waals surface area (Å²) in [5, 5.41) is 5.58. The van der Waals surface area contributed by atoms with Gasteiger partial charge in [0.1, 0.15) is 6.17 Å². The highest BCUT2D eigenvalue weighted by molar-refractivity contribution is 7.96. The highest BCUT2D eigenvalue weighted by Gasteiger charge is 2.39. The zero-order valence-electron chi connectivity index (χ0n) is 18.9. The summed E-state index contributed by atoms with van der Waals surface area (Å²) in [5.41, 5.74) is 0.817. The first-order valence-corrected chi connectivity index (χ1v) is 12.3. The van der Waals surface area contributed by atoms with Crippen LogP contribution in [0.5, 0.6) is 0 Å².